The van der Waals surface area contributed by atoms with Crippen LogP contribution in [0, 0.1) is 5.92 Å². The van der Waals surface area contributed by atoms with Crippen LogP contribution >= 0.6 is 0 Å². The fourth-order valence-electron chi connectivity index (χ4n) is 1.99. The second-order valence-corrected chi connectivity index (χ2v) is 4.17. The van der Waals surface area contributed by atoms with E-state index >= 15 is 0 Å². The van der Waals surface area contributed by atoms with Crippen molar-refractivity contribution in [3.05, 3.63) is 0 Å². The smallest absolute Gasteiger partial charge is 0.250 e. The van der Waals surface area contributed by atoms with Crippen molar-refractivity contribution in [3.63, 3.8) is 0 Å². The van der Waals surface area contributed by atoms with Crippen molar-refractivity contribution in [2.24, 2.45) is 5.92 Å². The summed E-state index contributed by atoms with van der Waals surface area (Å²) in [6, 6.07) is 0.626. The monoisotopic (exact) mass is 175 g/mol. The fourth-order valence-corrected chi connectivity index (χ4v) is 1.99. The lowest BCUT2D eigenvalue weighted by molar-refractivity contribution is -0.0573. The molecule has 0 amide bonds. The Hall–Kier alpha value is -0.180. The molecule has 0 aromatic carbocycles. The lowest BCUT2D eigenvalue weighted by atomic mass is 10.1. The first kappa shape index (κ1) is 8.42. The molecule has 1 nitrogen and oxygen atoms in total. The van der Waals surface area contributed by atoms with Gasteiger partial charge in [0.25, 0.3) is 5.92 Å². The van der Waals surface area contributed by atoms with Gasteiger partial charge < -0.3 is 0 Å². The van der Waals surface area contributed by atoms with Crippen molar-refractivity contribution in [2.45, 2.75) is 38.2 Å². The van der Waals surface area contributed by atoms with Gasteiger partial charge in [0.2, 0.25) is 0 Å². The zero-order chi connectivity index (χ0) is 8.77. The molecule has 1 saturated carbocycles. The van der Waals surface area contributed by atoms with Gasteiger partial charge >= 0.3 is 0 Å². The molecule has 0 N–H and O–H groups in total. The Morgan fingerprint density at radius 1 is 1.25 bits per heavy atom. The third-order valence-electron chi connectivity index (χ3n) is 3.07. The number of halogens is 2. The minimum Gasteiger partial charge on any atom is -0.300 e. The Bertz CT molecular complexity index is 171. The number of likely N-dealkylation sites (tertiary alicyclic amines) is 1. The van der Waals surface area contributed by atoms with Crippen molar-refractivity contribution in [3.8, 4) is 0 Å². The van der Waals surface area contributed by atoms with E-state index < -0.39 is 5.92 Å². The lowest BCUT2D eigenvalue weighted by Crippen LogP contribution is -2.40. The van der Waals surface area contributed by atoms with E-state index in [1.54, 1.807) is 0 Å². The number of rotatable bonds is 1. The number of piperidine rings is 1. The minimum atomic E-state index is -2.38. The number of nitrogens with zero attached hydrogens (tertiary/aromatic N) is 1. The van der Waals surface area contributed by atoms with E-state index in [0.29, 0.717) is 19.1 Å². The first-order chi connectivity index (χ1) is 5.58. The average molecular weight is 175 g/mol. The van der Waals surface area contributed by atoms with Crippen LogP contribution in [-0.2, 0) is 0 Å². The molecule has 2 atom stereocenters. The molecule has 0 aromatic rings. The van der Waals surface area contributed by atoms with E-state index in [2.05, 4.69) is 11.8 Å². The third-order valence-corrected chi connectivity index (χ3v) is 3.07. The normalized spacial score (nSPS) is 41.2. The van der Waals surface area contributed by atoms with Crippen LogP contribution in [0.1, 0.15) is 26.2 Å². The molecule has 2 fully saturated rings. The van der Waals surface area contributed by atoms with E-state index in [4.69, 9.17) is 0 Å². The van der Waals surface area contributed by atoms with Crippen LogP contribution in [-0.4, -0.2) is 30.0 Å². The SMILES string of the molecule is C[C@H]1CC1N1CCC(F)(F)CC1. The van der Waals surface area contributed by atoms with Crippen molar-refractivity contribution in [1.82, 2.24) is 4.90 Å². The molecule has 0 radical (unpaired) electrons. The summed E-state index contributed by atoms with van der Waals surface area (Å²) in [7, 11) is 0. The molecular formula is C9H15F2N. The molecule has 1 heterocycles. The largest absolute Gasteiger partial charge is 0.300 e. The third kappa shape index (κ3) is 1.60. The molecule has 0 bridgehead atoms. The predicted octanol–water partition coefficient (Wildman–Crippen LogP) is 2.13. The highest BCUT2D eigenvalue weighted by Crippen LogP contribution is 2.38. The molecule has 0 spiro atoms. The van der Waals surface area contributed by atoms with Gasteiger partial charge in [-0.3, -0.25) is 4.90 Å². The van der Waals surface area contributed by atoms with Crippen LogP contribution in [0.4, 0.5) is 8.78 Å². The molecule has 0 aromatic heterocycles. The second kappa shape index (κ2) is 2.66. The predicted molar refractivity (Wildman–Crippen MR) is 43.3 cm³/mol. The molecule has 2 rings (SSSR count). The lowest BCUT2D eigenvalue weighted by Gasteiger charge is -2.31. The molecular weight excluding hydrogens is 160 g/mol. The highest BCUT2D eigenvalue weighted by atomic mass is 19.3. The number of hydrogen-bond acceptors (Lipinski definition) is 1. The summed E-state index contributed by atoms with van der Waals surface area (Å²) in [5.74, 6) is -1.63. The molecule has 3 heteroatoms. The maximum atomic E-state index is 12.7. The summed E-state index contributed by atoms with van der Waals surface area (Å²) in [5, 5.41) is 0. The number of hydrogen-bond donors (Lipinski definition) is 0. The molecule has 70 valence electrons. The van der Waals surface area contributed by atoms with Gasteiger partial charge in [-0.15, -0.1) is 0 Å². The molecule has 1 aliphatic heterocycles. The summed E-state index contributed by atoms with van der Waals surface area (Å²) in [5.41, 5.74) is 0. The highest BCUT2D eigenvalue weighted by molar-refractivity contribution is 4.94. The van der Waals surface area contributed by atoms with E-state index in [1.807, 2.05) is 0 Å². The van der Waals surface area contributed by atoms with Gasteiger partial charge in [-0.25, -0.2) is 8.78 Å². The first-order valence-corrected chi connectivity index (χ1v) is 4.70. The van der Waals surface area contributed by atoms with Crippen molar-refractivity contribution in [2.75, 3.05) is 13.1 Å². The molecule has 12 heavy (non-hydrogen) atoms. The maximum absolute atomic E-state index is 12.7. The zero-order valence-corrected chi connectivity index (χ0v) is 7.39. The van der Waals surface area contributed by atoms with Gasteiger partial charge in [0.05, 0.1) is 0 Å². The van der Waals surface area contributed by atoms with E-state index in [9.17, 15) is 8.78 Å². The van der Waals surface area contributed by atoms with Gasteiger partial charge in [0.15, 0.2) is 0 Å². The van der Waals surface area contributed by atoms with Crippen LogP contribution in [0.5, 0.6) is 0 Å². The Morgan fingerprint density at radius 3 is 2.17 bits per heavy atom. The highest BCUT2D eigenvalue weighted by Gasteiger charge is 2.43. The van der Waals surface area contributed by atoms with E-state index in [1.165, 1.54) is 6.42 Å². The minimum absolute atomic E-state index is 0.0657. The van der Waals surface area contributed by atoms with Gasteiger partial charge in [-0.1, -0.05) is 6.92 Å². The summed E-state index contributed by atoms with van der Waals surface area (Å²) >= 11 is 0. The second-order valence-electron chi connectivity index (χ2n) is 4.17. The van der Waals surface area contributed by atoms with Crippen LogP contribution in [0.15, 0.2) is 0 Å². The van der Waals surface area contributed by atoms with Crippen LogP contribution in [0.25, 0.3) is 0 Å². The maximum Gasteiger partial charge on any atom is 0.250 e. The van der Waals surface area contributed by atoms with Crippen molar-refractivity contribution < 1.29 is 8.78 Å². The van der Waals surface area contributed by atoms with E-state index in [-0.39, 0.29) is 12.8 Å². The standard InChI is InChI=1S/C9H15F2N/c1-7-6-8(7)12-4-2-9(10,11)3-5-12/h7-8H,2-6H2,1H3/t7-,8?/m0/s1. The Morgan fingerprint density at radius 2 is 1.75 bits per heavy atom. The summed E-state index contributed by atoms with van der Waals surface area (Å²) in [6.07, 6.45) is 1.35. The van der Waals surface area contributed by atoms with Crippen LogP contribution in [0.3, 0.4) is 0 Å². The van der Waals surface area contributed by atoms with Crippen molar-refractivity contribution >= 4 is 0 Å². The zero-order valence-electron chi connectivity index (χ0n) is 7.39. The first-order valence-electron chi connectivity index (χ1n) is 4.70. The van der Waals surface area contributed by atoms with Gasteiger partial charge in [0, 0.05) is 32.0 Å². The van der Waals surface area contributed by atoms with Gasteiger partial charge in [0.1, 0.15) is 0 Å². The van der Waals surface area contributed by atoms with Gasteiger partial charge in [-0.2, -0.15) is 0 Å². The Labute approximate surface area is 71.7 Å². The van der Waals surface area contributed by atoms with Crippen LogP contribution < -0.4 is 0 Å². The molecule has 1 saturated heterocycles. The summed E-state index contributed by atoms with van der Waals surface area (Å²) in [4.78, 5) is 2.22. The summed E-state index contributed by atoms with van der Waals surface area (Å²) in [6.45, 7) is 3.39. The molecule has 1 aliphatic carbocycles. The van der Waals surface area contributed by atoms with Crippen LogP contribution in [0.2, 0.25) is 0 Å². The van der Waals surface area contributed by atoms with E-state index in [0.717, 1.165) is 5.92 Å². The van der Waals surface area contributed by atoms with Gasteiger partial charge in [-0.05, 0) is 12.3 Å². The molecule has 2 aliphatic rings. The summed E-state index contributed by atoms with van der Waals surface area (Å²) < 4.78 is 25.5. The Kier molecular flexibility index (Phi) is 1.86. The quantitative estimate of drug-likeness (QED) is 0.590. The number of alkyl halides is 2. The van der Waals surface area contributed by atoms with Crippen molar-refractivity contribution in [1.29, 1.82) is 0 Å². The molecule has 1 unspecified atom stereocenters. The topological polar surface area (TPSA) is 3.24 Å². The average Bonchev–Trinajstić information content (AvgIpc) is 2.67. The fraction of sp³-hybridized carbons (Fsp3) is 1.00. The Balaban J connectivity index is 1.83.